The summed E-state index contributed by atoms with van der Waals surface area (Å²) in [5.74, 6) is -0.450. The Balaban J connectivity index is 1.46. The highest BCUT2D eigenvalue weighted by Gasteiger charge is 2.31. The number of nitrogens with two attached hydrogens (primary N) is 1. The molecule has 0 radical (unpaired) electrons. The molecule has 9 heteroatoms. The summed E-state index contributed by atoms with van der Waals surface area (Å²) in [7, 11) is 0. The minimum Gasteiger partial charge on any atom is -0.436 e. The van der Waals surface area contributed by atoms with Gasteiger partial charge in [0.2, 0.25) is 11.8 Å². The second kappa shape index (κ2) is 8.72. The van der Waals surface area contributed by atoms with Gasteiger partial charge in [-0.2, -0.15) is 0 Å². The predicted molar refractivity (Wildman–Crippen MR) is 113 cm³/mol. The number of hydrogen-bond acceptors (Lipinski definition) is 5. The Hall–Kier alpha value is -3.85. The number of amides is 1. The van der Waals surface area contributed by atoms with Crippen LogP contribution in [0.3, 0.4) is 0 Å². The van der Waals surface area contributed by atoms with Crippen LogP contribution in [-0.2, 0) is 11.2 Å². The van der Waals surface area contributed by atoms with Crippen molar-refractivity contribution in [2.45, 2.75) is 18.8 Å². The van der Waals surface area contributed by atoms with E-state index in [-0.39, 0.29) is 17.5 Å². The zero-order chi connectivity index (χ0) is 22.7. The van der Waals surface area contributed by atoms with Gasteiger partial charge in [-0.3, -0.25) is 4.79 Å². The fourth-order valence-corrected chi connectivity index (χ4v) is 3.12. The van der Waals surface area contributed by atoms with Crippen molar-refractivity contribution < 1.29 is 27.1 Å². The third-order valence-corrected chi connectivity index (χ3v) is 4.63. The molecule has 3 aromatic carbocycles. The lowest BCUT2D eigenvalue weighted by Gasteiger charge is -2.12. The number of anilines is 1. The van der Waals surface area contributed by atoms with E-state index < -0.39 is 12.4 Å². The van der Waals surface area contributed by atoms with Gasteiger partial charge in [0.05, 0.1) is 6.04 Å². The van der Waals surface area contributed by atoms with E-state index in [0.29, 0.717) is 28.8 Å². The van der Waals surface area contributed by atoms with Crippen molar-refractivity contribution in [3.8, 4) is 17.2 Å². The van der Waals surface area contributed by atoms with Gasteiger partial charge in [0, 0.05) is 11.3 Å². The largest absolute Gasteiger partial charge is 0.573 e. The molecule has 0 saturated heterocycles. The van der Waals surface area contributed by atoms with Gasteiger partial charge in [0.1, 0.15) is 11.3 Å². The third-order valence-electron chi connectivity index (χ3n) is 4.63. The number of alkyl halides is 3. The van der Waals surface area contributed by atoms with E-state index in [1.54, 1.807) is 18.2 Å². The molecule has 6 nitrogen and oxygen atoms in total. The van der Waals surface area contributed by atoms with Gasteiger partial charge in [-0.15, -0.1) is 13.2 Å². The lowest BCUT2D eigenvalue weighted by atomic mass is 10.1. The van der Waals surface area contributed by atoms with Gasteiger partial charge in [-0.25, -0.2) is 4.98 Å². The topological polar surface area (TPSA) is 90.4 Å². The normalized spacial score (nSPS) is 12.5. The second-order valence-corrected chi connectivity index (χ2v) is 7.06. The highest BCUT2D eigenvalue weighted by molar-refractivity contribution is 5.96. The highest BCUT2D eigenvalue weighted by atomic mass is 19.4. The summed E-state index contributed by atoms with van der Waals surface area (Å²) in [5.41, 5.74) is 8.89. The summed E-state index contributed by atoms with van der Waals surface area (Å²) in [5, 5.41) is 2.76. The first kappa shape index (κ1) is 21.4. The van der Waals surface area contributed by atoms with Crippen LogP contribution in [0.1, 0.15) is 5.56 Å². The van der Waals surface area contributed by atoms with E-state index >= 15 is 0 Å². The summed E-state index contributed by atoms with van der Waals surface area (Å²) >= 11 is 0. The molecule has 0 fully saturated rings. The maximum atomic E-state index is 12.4. The predicted octanol–water partition coefficient (Wildman–Crippen LogP) is 4.90. The molecule has 3 N–H and O–H groups in total. The number of benzene rings is 3. The first-order valence-corrected chi connectivity index (χ1v) is 9.64. The van der Waals surface area contributed by atoms with Crippen molar-refractivity contribution in [3.63, 3.8) is 0 Å². The molecule has 1 atom stereocenters. The summed E-state index contributed by atoms with van der Waals surface area (Å²) in [6.07, 6.45) is -4.36. The number of carbonyl (C=O) groups excluding carboxylic acids is 1. The van der Waals surface area contributed by atoms with Crippen LogP contribution in [0.15, 0.2) is 77.2 Å². The van der Waals surface area contributed by atoms with E-state index in [0.717, 1.165) is 5.56 Å². The molecule has 1 heterocycles. The Bertz CT molecular complexity index is 1220. The molecule has 0 saturated carbocycles. The number of carbonyl (C=O) groups is 1. The highest BCUT2D eigenvalue weighted by Crippen LogP contribution is 2.29. The summed E-state index contributed by atoms with van der Waals surface area (Å²) < 4.78 is 46.4. The smallest absolute Gasteiger partial charge is 0.436 e. The van der Waals surface area contributed by atoms with Crippen molar-refractivity contribution >= 4 is 22.7 Å². The molecule has 0 aliphatic heterocycles. The van der Waals surface area contributed by atoms with Gasteiger partial charge in [-0.1, -0.05) is 30.3 Å². The number of aromatic nitrogens is 1. The molecule has 0 aliphatic rings. The monoisotopic (exact) mass is 441 g/mol. The number of ether oxygens (including phenoxy) is 1. The standard InChI is InChI=1S/C23H18F3N3O3/c24-23(25,26)32-17-9-6-15(7-10-17)22-29-19-13-16(8-11-20(19)31-22)28-21(30)18(27)12-14-4-2-1-3-5-14/h1-11,13,18H,12,27H2,(H,28,30)/t18-/m1/s1. The Morgan fingerprint density at radius 1 is 1.06 bits per heavy atom. The van der Waals surface area contributed by atoms with Crippen molar-refractivity contribution in [1.82, 2.24) is 4.98 Å². The van der Waals surface area contributed by atoms with Crippen molar-refractivity contribution in [2.24, 2.45) is 5.73 Å². The molecular weight excluding hydrogens is 423 g/mol. The molecule has 164 valence electrons. The Morgan fingerprint density at radius 2 is 1.78 bits per heavy atom. The lowest BCUT2D eigenvalue weighted by molar-refractivity contribution is -0.274. The second-order valence-electron chi connectivity index (χ2n) is 7.06. The van der Waals surface area contributed by atoms with Crippen molar-refractivity contribution in [2.75, 3.05) is 5.32 Å². The maximum absolute atomic E-state index is 12.4. The van der Waals surface area contributed by atoms with E-state index in [2.05, 4.69) is 15.0 Å². The molecule has 32 heavy (non-hydrogen) atoms. The van der Waals surface area contributed by atoms with Crippen LogP contribution >= 0.6 is 0 Å². The quantitative estimate of drug-likeness (QED) is 0.444. The van der Waals surface area contributed by atoms with Crippen molar-refractivity contribution in [3.05, 3.63) is 78.4 Å². The van der Waals surface area contributed by atoms with Gasteiger partial charge in [-0.05, 0) is 54.4 Å². The van der Waals surface area contributed by atoms with E-state index in [1.807, 2.05) is 30.3 Å². The number of fused-ring (bicyclic) bond motifs is 1. The van der Waals surface area contributed by atoms with Crippen LogP contribution in [0.2, 0.25) is 0 Å². The fourth-order valence-electron chi connectivity index (χ4n) is 3.12. The lowest BCUT2D eigenvalue weighted by Crippen LogP contribution is -2.37. The summed E-state index contributed by atoms with van der Waals surface area (Å²) in [4.78, 5) is 16.8. The summed E-state index contributed by atoms with van der Waals surface area (Å²) in [6, 6.07) is 18.9. The molecule has 0 bridgehead atoms. The van der Waals surface area contributed by atoms with Crippen LogP contribution < -0.4 is 15.8 Å². The maximum Gasteiger partial charge on any atom is 0.573 e. The Labute approximate surface area is 180 Å². The molecular formula is C23H18F3N3O3. The van der Waals surface area contributed by atoms with Gasteiger partial charge < -0.3 is 20.2 Å². The van der Waals surface area contributed by atoms with Crippen LogP contribution in [0.4, 0.5) is 18.9 Å². The molecule has 1 aromatic heterocycles. The van der Waals surface area contributed by atoms with Gasteiger partial charge in [0.15, 0.2) is 5.58 Å². The number of nitrogens with zero attached hydrogens (tertiary/aromatic N) is 1. The van der Waals surface area contributed by atoms with E-state index in [1.165, 1.54) is 24.3 Å². The van der Waals surface area contributed by atoms with Crippen LogP contribution in [-0.4, -0.2) is 23.3 Å². The van der Waals surface area contributed by atoms with Crippen LogP contribution in [0.25, 0.3) is 22.6 Å². The first-order chi connectivity index (χ1) is 15.3. The number of halogens is 3. The number of oxazole rings is 1. The van der Waals surface area contributed by atoms with E-state index in [9.17, 15) is 18.0 Å². The number of nitrogens with one attached hydrogen (secondary N) is 1. The minimum absolute atomic E-state index is 0.225. The van der Waals surface area contributed by atoms with Gasteiger partial charge in [0.25, 0.3) is 0 Å². The minimum atomic E-state index is -4.76. The van der Waals surface area contributed by atoms with Crippen LogP contribution in [0, 0.1) is 0 Å². The first-order valence-electron chi connectivity index (χ1n) is 9.64. The molecule has 4 rings (SSSR count). The summed E-state index contributed by atoms with van der Waals surface area (Å²) in [6.45, 7) is 0. The molecule has 0 spiro atoms. The molecule has 4 aromatic rings. The zero-order valence-corrected chi connectivity index (χ0v) is 16.6. The SMILES string of the molecule is N[C@H](Cc1ccccc1)C(=O)Nc1ccc2oc(-c3ccc(OC(F)(F)F)cc3)nc2c1. The average molecular weight is 441 g/mol. The van der Waals surface area contributed by atoms with Crippen LogP contribution in [0.5, 0.6) is 5.75 Å². The molecule has 0 unspecified atom stereocenters. The number of hydrogen-bond donors (Lipinski definition) is 2. The average Bonchev–Trinajstić information content (AvgIpc) is 3.17. The Morgan fingerprint density at radius 3 is 2.47 bits per heavy atom. The molecule has 1 amide bonds. The fraction of sp³-hybridized carbons (Fsp3) is 0.130. The Kier molecular flexibility index (Phi) is 5.83. The van der Waals surface area contributed by atoms with E-state index in [4.69, 9.17) is 10.2 Å². The van der Waals surface area contributed by atoms with Crippen molar-refractivity contribution in [1.29, 1.82) is 0 Å². The third kappa shape index (κ3) is 5.25. The molecule has 0 aliphatic carbocycles. The number of rotatable bonds is 6. The zero-order valence-electron chi connectivity index (χ0n) is 16.6. The van der Waals surface area contributed by atoms with Gasteiger partial charge >= 0.3 is 6.36 Å².